The van der Waals surface area contributed by atoms with Crippen molar-refractivity contribution in [1.29, 1.82) is 0 Å². The Bertz CT molecular complexity index is 180. The van der Waals surface area contributed by atoms with Crippen molar-refractivity contribution in [1.82, 2.24) is 0 Å². The van der Waals surface area contributed by atoms with E-state index in [-0.39, 0.29) is 0 Å². The number of fused-ring (bicyclic) bond motifs is 1. The zero-order valence-electron chi connectivity index (χ0n) is 9.49. The van der Waals surface area contributed by atoms with E-state index in [4.69, 9.17) is 0 Å². The Morgan fingerprint density at radius 2 is 0.714 bits per heavy atom. The van der Waals surface area contributed by atoms with Crippen molar-refractivity contribution in [2.45, 2.75) is 77.0 Å². The van der Waals surface area contributed by atoms with Crippen molar-refractivity contribution in [2.24, 2.45) is 10.8 Å². The van der Waals surface area contributed by atoms with Gasteiger partial charge in [-0.2, -0.15) is 0 Å². The average Bonchev–Trinajstić information content (AvgIpc) is 2.30. The fraction of sp³-hybridized carbons (Fsp3) is 1.00. The smallest absolute Gasteiger partial charge is 0.0241 e. The molecule has 0 amide bonds. The van der Waals surface area contributed by atoms with Crippen LogP contribution in [0, 0.1) is 10.8 Å². The van der Waals surface area contributed by atoms with Gasteiger partial charge in [-0.05, 0) is 49.4 Å². The molecule has 0 saturated heterocycles. The van der Waals surface area contributed by atoms with Crippen molar-refractivity contribution < 1.29 is 0 Å². The molecule has 0 bridgehead atoms. The Labute approximate surface area is 88.5 Å². The average molecular weight is 192 g/mol. The second kappa shape index (κ2) is 3.25. The second-order valence-electron chi connectivity index (χ2n) is 6.18. The van der Waals surface area contributed by atoms with Gasteiger partial charge in [0, 0.05) is 0 Å². The maximum absolute atomic E-state index is 1.59. The monoisotopic (exact) mass is 192 g/mol. The molecule has 0 radical (unpaired) electrons. The van der Waals surface area contributed by atoms with Crippen LogP contribution in [0.1, 0.15) is 77.0 Å². The molecule has 0 heterocycles. The minimum Gasteiger partial charge on any atom is -0.0533 e. The Morgan fingerprint density at radius 1 is 0.357 bits per heavy atom. The summed E-state index contributed by atoms with van der Waals surface area (Å²) in [5, 5.41) is 0. The first kappa shape index (κ1) is 9.24. The van der Waals surface area contributed by atoms with Gasteiger partial charge in [-0.15, -0.1) is 0 Å². The van der Waals surface area contributed by atoms with Crippen molar-refractivity contribution in [3.05, 3.63) is 0 Å². The fourth-order valence-corrected chi connectivity index (χ4v) is 4.85. The summed E-state index contributed by atoms with van der Waals surface area (Å²) in [6, 6.07) is 0. The highest BCUT2D eigenvalue weighted by Crippen LogP contribution is 2.68. The molecule has 3 aliphatic carbocycles. The Kier molecular flexibility index (Phi) is 2.15. The topological polar surface area (TPSA) is 0 Å². The Hall–Kier alpha value is 0. The van der Waals surface area contributed by atoms with Crippen molar-refractivity contribution in [3.63, 3.8) is 0 Å². The highest BCUT2D eigenvalue weighted by atomic mass is 14.6. The summed E-state index contributed by atoms with van der Waals surface area (Å²) in [6.07, 6.45) is 18.8. The van der Waals surface area contributed by atoms with Gasteiger partial charge in [-0.25, -0.2) is 0 Å². The first-order valence-corrected chi connectivity index (χ1v) is 6.87. The van der Waals surface area contributed by atoms with Crippen LogP contribution in [-0.2, 0) is 0 Å². The summed E-state index contributed by atoms with van der Waals surface area (Å²) in [6.45, 7) is 0. The molecule has 0 aromatic heterocycles. The summed E-state index contributed by atoms with van der Waals surface area (Å²) < 4.78 is 0. The molecule has 0 unspecified atom stereocenters. The van der Waals surface area contributed by atoms with Gasteiger partial charge in [0.1, 0.15) is 0 Å². The molecule has 3 aliphatic rings. The summed E-state index contributed by atoms with van der Waals surface area (Å²) >= 11 is 0. The standard InChI is InChI=1S/C14H24/c1-3-7-13(8-4-1)11-12-14(13)9-5-2-6-10-14/h1-12H2. The molecule has 0 aliphatic heterocycles. The van der Waals surface area contributed by atoms with Gasteiger partial charge in [-0.1, -0.05) is 38.5 Å². The lowest BCUT2D eigenvalue weighted by Gasteiger charge is -2.63. The van der Waals surface area contributed by atoms with Crippen LogP contribution in [0.4, 0.5) is 0 Å². The molecule has 0 N–H and O–H groups in total. The molecule has 0 atom stereocenters. The van der Waals surface area contributed by atoms with Gasteiger partial charge in [0.25, 0.3) is 0 Å². The third kappa shape index (κ3) is 1.12. The van der Waals surface area contributed by atoms with Gasteiger partial charge in [0.2, 0.25) is 0 Å². The normalized spacial score (nSPS) is 34.3. The van der Waals surface area contributed by atoms with Crippen LogP contribution < -0.4 is 0 Å². The SMILES string of the molecule is C1CCC2(CC1)CCC21CCCCC1. The van der Waals surface area contributed by atoms with E-state index < -0.39 is 0 Å². The highest BCUT2D eigenvalue weighted by Gasteiger charge is 2.57. The van der Waals surface area contributed by atoms with Gasteiger partial charge >= 0.3 is 0 Å². The number of rotatable bonds is 0. The lowest BCUT2D eigenvalue weighted by Crippen LogP contribution is -2.53. The summed E-state index contributed by atoms with van der Waals surface area (Å²) in [7, 11) is 0. The quantitative estimate of drug-likeness (QED) is 0.522. The van der Waals surface area contributed by atoms with Crippen LogP contribution in [-0.4, -0.2) is 0 Å². The minimum absolute atomic E-state index is 0.867. The molecule has 80 valence electrons. The van der Waals surface area contributed by atoms with Crippen LogP contribution in [0.5, 0.6) is 0 Å². The molecule has 3 saturated carbocycles. The summed E-state index contributed by atoms with van der Waals surface area (Å²) in [5.41, 5.74) is 1.73. The molecule has 0 heteroatoms. The second-order valence-corrected chi connectivity index (χ2v) is 6.18. The molecule has 14 heavy (non-hydrogen) atoms. The van der Waals surface area contributed by atoms with Crippen LogP contribution in [0.15, 0.2) is 0 Å². The fourth-order valence-electron chi connectivity index (χ4n) is 4.85. The van der Waals surface area contributed by atoms with Gasteiger partial charge in [0.15, 0.2) is 0 Å². The third-order valence-electron chi connectivity index (χ3n) is 5.83. The number of hydrogen-bond donors (Lipinski definition) is 0. The van der Waals surface area contributed by atoms with Gasteiger partial charge in [0.05, 0.1) is 0 Å². The summed E-state index contributed by atoms with van der Waals surface area (Å²) in [5.74, 6) is 0. The molecule has 0 aromatic rings. The molecular weight excluding hydrogens is 168 g/mol. The van der Waals surface area contributed by atoms with Crippen molar-refractivity contribution >= 4 is 0 Å². The summed E-state index contributed by atoms with van der Waals surface area (Å²) in [4.78, 5) is 0. The molecule has 3 rings (SSSR count). The Morgan fingerprint density at radius 3 is 1.00 bits per heavy atom. The van der Waals surface area contributed by atoms with E-state index in [1.165, 1.54) is 12.8 Å². The zero-order chi connectivity index (χ0) is 9.49. The lowest BCUT2D eigenvalue weighted by molar-refractivity contribution is -0.129. The van der Waals surface area contributed by atoms with Crippen LogP contribution in [0.2, 0.25) is 0 Å². The first-order valence-electron chi connectivity index (χ1n) is 6.87. The van der Waals surface area contributed by atoms with E-state index in [1.807, 2.05) is 0 Å². The molecular formula is C14H24. The van der Waals surface area contributed by atoms with E-state index in [1.54, 1.807) is 64.2 Å². The van der Waals surface area contributed by atoms with E-state index in [2.05, 4.69) is 0 Å². The highest BCUT2D eigenvalue weighted by molar-refractivity contribution is 5.08. The largest absolute Gasteiger partial charge is 0.0533 e. The predicted octanol–water partition coefficient (Wildman–Crippen LogP) is 4.68. The zero-order valence-corrected chi connectivity index (χ0v) is 9.49. The van der Waals surface area contributed by atoms with Crippen molar-refractivity contribution in [2.75, 3.05) is 0 Å². The van der Waals surface area contributed by atoms with Gasteiger partial charge in [-0.3, -0.25) is 0 Å². The van der Waals surface area contributed by atoms with E-state index in [0.717, 1.165) is 10.8 Å². The maximum Gasteiger partial charge on any atom is -0.0241 e. The lowest BCUT2D eigenvalue weighted by atomic mass is 9.41. The number of hydrogen-bond acceptors (Lipinski definition) is 0. The van der Waals surface area contributed by atoms with Crippen LogP contribution in [0.3, 0.4) is 0 Å². The molecule has 0 aromatic carbocycles. The van der Waals surface area contributed by atoms with Crippen molar-refractivity contribution in [3.8, 4) is 0 Å². The van der Waals surface area contributed by atoms with E-state index >= 15 is 0 Å². The van der Waals surface area contributed by atoms with Crippen LogP contribution in [0.25, 0.3) is 0 Å². The minimum atomic E-state index is 0.867. The first-order chi connectivity index (χ1) is 6.87. The molecule has 2 spiro atoms. The third-order valence-corrected chi connectivity index (χ3v) is 5.83. The molecule has 0 nitrogen and oxygen atoms in total. The predicted molar refractivity (Wildman–Crippen MR) is 60.3 cm³/mol. The Balaban J connectivity index is 1.78. The van der Waals surface area contributed by atoms with E-state index in [9.17, 15) is 0 Å². The van der Waals surface area contributed by atoms with Gasteiger partial charge < -0.3 is 0 Å². The van der Waals surface area contributed by atoms with Crippen LogP contribution >= 0.6 is 0 Å². The molecule has 3 fully saturated rings. The maximum atomic E-state index is 1.59. The van der Waals surface area contributed by atoms with E-state index in [0.29, 0.717) is 0 Å².